The fourth-order valence-corrected chi connectivity index (χ4v) is 2.52. The summed E-state index contributed by atoms with van der Waals surface area (Å²) in [7, 11) is 1.46. The molecular weight excluding hydrogens is 348 g/mol. The maximum atomic E-state index is 12.2. The Hall–Kier alpha value is -3.35. The van der Waals surface area contributed by atoms with E-state index < -0.39 is 18.5 Å². The normalized spacial score (nSPS) is 10.1. The molecule has 0 atom stereocenters. The quantitative estimate of drug-likeness (QED) is 0.762. The number of benzene rings is 2. The SMILES string of the molecule is COc1ccc(NC(C)=O)cc1NC(=O)COC(=O)c1ccc(C)cc1C. The third kappa shape index (κ3) is 5.57. The Balaban J connectivity index is 2.02. The zero-order chi connectivity index (χ0) is 20.0. The molecule has 0 saturated heterocycles. The highest BCUT2D eigenvalue weighted by molar-refractivity contribution is 5.98. The van der Waals surface area contributed by atoms with Crippen molar-refractivity contribution < 1.29 is 23.9 Å². The molecule has 2 amide bonds. The molecule has 0 unspecified atom stereocenters. The van der Waals surface area contributed by atoms with Crippen LogP contribution in [0.5, 0.6) is 5.75 Å². The lowest BCUT2D eigenvalue weighted by molar-refractivity contribution is -0.119. The summed E-state index contributed by atoms with van der Waals surface area (Å²) in [5.41, 5.74) is 3.10. The second-order valence-electron chi connectivity index (χ2n) is 6.04. The van der Waals surface area contributed by atoms with Crippen LogP contribution in [0.3, 0.4) is 0 Å². The number of hydrogen-bond acceptors (Lipinski definition) is 5. The molecule has 0 saturated carbocycles. The van der Waals surface area contributed by atoms with E-state index in [-0.39, 0.29) is 5.91 Å². The van der Waals surface area contributed by atoms with E-state index in [1.54, 1.807) is 24.3 Å². The van der Waals surface area contributed by atoms with Crippen molar-refractivity contribution in [3.63, 3.8) is 0 Å². The van der Waals surface area contributed by atoms with Crippen LogP contribution in [0.1, 0.15) is 28.4 Å². The van der Waals surface area contributed by atoms with Crippen molar-refractivity contribution >= 4 is 29.2 Å². The van der Waals surface area contributed by atoms with Crippen molar-refractivity contribution in [3.8, 4) is 5.75 Å². The van der Waals surface area contributed by atoms with Gasteiger partial charge in [0.05, 0.1) is 18.4 Å². The van der Waals surface area contributed by atoms with Gasteiger partial charge in [0.25, 0.3) is 5.91 Å². The monoisotopic (exact) mass is 370 g/mol. The predicted octanol–water partition coefficient (Wildman–Crippen LogP) is 3.07. The van der Waals surface area contributed by atoms with Crippen molar-refractivity contribution in [1.29, 1.82) is 0 Å². The Morgan fingerprint density at radius 3 is 2.37 bits per heavy atom. The summed E-state index contributed by atoms with van der Waals surface area (Å²) in [5.74, 6) is -0.911. The van der Waals surface area contributed by atoms with Gasteiger partial charge in [-0.2, -0.15) is 0 Å². The van der Waals surface area contributed by atoms with Crippen molar-refractivity contribution in [2.75, 3.05) is 24.4 Å². The molecule has 0 spiro atoms. The Kier molecular flexibility index (Phi) is 6.54. The number of carbonyl (C=O) groups excluding carboxylic acids is 3. The first kappa shape index (κ1) is 20.0. The predicted molar refractivity (Wildman–Crippen MR) is 102 cm³/mol. The van der Waals surface area contributed by atoms with Gasteiger partial charge in [0.1, 0.15) is 5.75 Å². The smallest absolute Gasteiger partial charge is 0.338 e. The average Bonchev–Trinajstić information content (AvgIpc) is 2.59. The number of aryl methyl sites for hydroxylation is 2. The second-order valence-corrected chi connectivity index (χ2v) is 6.04. The molecule has 0 bridgehead atoms. The van der Waals surface area contributed by atoms with E-state index in [1.165, 1.54) is 14.0 Å². The molecule has 0 radical (unpaired) electrons. The number of rotatable bonds is 6. The van der Waals surface area contributed by atoms with E-state index in [0.29, 0.717) is 22.7 Å². The molecule has 2 N–H and O–H groups in total. The maximum absolute atomic E-state index is 12.2. The fourth-order valence-electron chi connectivity index (χ4n) is 2.52. The number of nitrogens with one attached hydrogen (secondary N) is 2. The number of amides is 2. The summed E-state index contributed by atoms with van der Waals surface area (Å²) < 4.78 is 10.3. The van der Waals surface area contributed by atoms with Gasteiger partial charge in [-0.15, -0.1) is 0 Å². The van der Waals surface area contributed by atoms with Crippen LogP contribution in [0, 0.1) is 13.8 Å². The summed E-state index contributed by atoms with van der Waals surface area (Å²) in [6.45, 7) is 4.68. The van der Waals surface area contributed by atoms with Crippen molar-refractivity contribution in [2.24, 2.45) is 0 Å². The molecule has 0 aliphatic rings. The van der Waals surface area contributed by atoms with Gasteiger partial charge in [-0.1, -0.05) is 17.7 Å². The first-order valence-corrected chi connectivity index (χ1v) is 8.30. The van der Waals surface area contributed by atoms with Gasteiger partial charge in [-0.3, -0.25) is 9.59 Å². The molecule has 27 heavy (non-hydrogen) atoms. The Morgan fingerprint density at radius 2 is 1.74 bits per heavy atom. The van der Waals surface area contributed by atoms with Gasteiger partial charge < -0.3 is 20.1 Å². The van der Waals surface area contributed by atoms with Crippen LogP contribution < -0.4 is 15.4 Å². The number of ether oxygens (including phenoxy) is 2. The van der Waals surface area contributed by atoms with E-state index in [9.17, 15) is 14.4 Å². The Bertz CT molecular complexity index is 877. The highest BCUT2D eigenvalue weighted by Gasteiger charge is 2.14. The van der Waals surface area contributed by atoms with Gasteiger partial charge in [0.2, 0.25) is 5.91 Å². The number of esters is 1. The molecule has 2 aromatic rings. The lowest BCUT2D eigenvalue weighted by atomic mass is 10.1. The van der Waals surface area contributed by atoms with Crippen molar-refractivity contribution in [2.45, 2.75) is 20.8 Å². The fraction of sp³-hybridized carbons (Fsp3) is 0.250. The number of anilines is 2. The molecule has 2 rings (SSSR count). The molecule has 0 heterocycles. The van der Waals surface area contributed by atoms with E-state index in [1.807, 2.05) is 26.0 Å². The van der Waals surface area contributed by atoms with E-state index in [4.69, 9.17) is 9.47 Å². The van der Waals surface area contributed by atoms with E-state index in [0.717, 1.165) is 11.1 Å². The molecule has 0 fully saturated rings. The lowest BCUT2D eigenvalue weighted by Gasteiger charge is -2.13. The van der Waals surface area contributed by atoms with Crippen molar-refractivity contribution in [1.82, 2.24) is 0 Å². The van der Waals surface area contributed by atoms with Crippen LogP contribution in [0.15, 0.2) is 36.4 Å². The van der Waals surface area contributed by atoms with E-state index in [2.05, 4.69) is 10.6 Å². The van der Waals surface area contributed by atoms with E-state index >= 15 is 0 Å². The molecule has 0 aromatic heterocycles. The second kappa shape index (κ2) is 8.84. The third-order valence-corrected chi connectivity index (χ3v) is 3.73. The summed E-state index contributed by atoms with van der Waals surface area (Å²) in [5, 5.41) is 5.23. The highest BCUT2D eigenvalue weighted by Crippen LogP contribution is 2.27. The van der Waals surface area contributed by atoms with Gasteiger partial charge in [0, 0.05) is 12.6 Å². The van der Waals surface area contributed by atoms with Crippen LogP contribution in [0.25, 0.3) is 0 Å². The number of carbonyl (C=O) groups is 3. The molecule has 7 nitrogen and oxygen atoms in total. The number of methoxy groups -OCH3 is 1. The zero-order valence-electron chi connectivity index (χ0n) is 15.7. The Morgan fingerprint density at radius 1 is 1.00 bits per heavy atom. The molecular formula is C20H22N2O5. The largest absolute Gasteiger partial charge is 0.495 e. The summed E-state index contributed by atoms with van der Waals surface area (Å²) in [4.78, 5) is 35.5. The minimum Gasteiger partial charge on any atom is -0.495 e. The standard InChI is InChI=1S/C20H22N2O5/c1-12-5-7-16(13(2)9-12)20(25)27-11-19(24)22-17-10-15(21-14(3)23)6-8-18(17)26-4/h5-10H,11H2,1-4H3,(H,21,23)(H,22,24). The topological polar surface area (TPSA) is 93.7 Å². The summed E-state index contributed by atoms with van der Waals surface area (Å²) in [6, 6.07) is 10.2. The van der Waals surface area contributed by atoms with Crippen LogP contribution in [-0.2, 0) is 14.3 Å². The van der Waals surface area contributed by atoms with Gasteiger partial charge in [-0.25, -0.2) is 4.79 Å². The summed E-state index contributed by atoms with van der Waals surface area (Å²) >= 11 is 0. The molecule has 0 aliphatic heterocycles. The molecule has 0 aliphatic carbocycles. The van der Waals surface area contributed by atoms with Gasteiger partial charge >= 0.3 is 5.97 Å². The molecule has 7 heteroatoms. The third-order valence-electron chi connectivity index (χ3n) is 3.73. The summed E-state index contributed by atoms with van der Waals surface area (Å²) in [6.07, 6.45) is 0. The highest BCUT2D eigenvalue weighted by atomic mass is 16.5. The van der Waals surface area contributed by atoms with Crippen LogP contribution >= 0.6 is 0 Å². The maximum Gasteiger partial charge on any atom is 0.338 e. The van der Waals surface area contributed by atoms with Crippen LogP contribution in [-0.4, -0.2) is 31.5 Å². The minimum atomic E-state index is -0.568. The van der Waals surface area contributed by atoms with Crippen LogP contribution in [0.2, 0.25) is 0 Å². The zero-order valence-corrected chi connectivity index (χ0v) is 15.7. The molecule has 2 aromatic carbocycles. The van der Waals surface area contributed by atoms with Gasteiger partial charge in [0.15, 0.2) is 6.61 Å². The minimum absolute atomic E-state index is 0.236. The number of hydrogen-bond donors (Lipinski definition) is 2. The first-order chi connectivity index (χ1) is 12.8. The van der Waals surface area contributed by atoms with Gasteiger partial charge in [-0.05, 0) is 43.7 Å². The average molecular weight is 370 g/mol. The van der Waals surface area contributed by atoms with Crippen molar-refractivity contribution in [3.05, 3.63) is 53.1 Å². The lowest BCUT2D eigenvalue weighted by Crippen LogP contribution is -2.21. The molecule has 142 valence electrons. The Labute approximate surface area is 157 Å². The first-order valence-electron chi connectivity index (χ1n) is 8.30. The van der Waals surface area contributed by atoms with Crippen LogP contribution in [0.4, 0.5) is 11.4 Å².